The maximum Gasteiger partial charge on any atom is 0.0758 e. The Labute approximate surface area is 107 Å². The number of aromatic nitrogens is 1. The van der Waals surface area contributed by atoms with Crippen LogP contribution in [0.2, 0.25) is 0 Å². The molecule has 3 heteroatoms. The molecule has 1 aliphatic rings. The van der Waals surface area contributed by atoms with Crippen LogP contribution in [0.3, 0.4) is 0 Å². The average molecular weight is 242 g/mol. The molecule has 0 saturated carbocycles. The van der Waals surface area contributed by atoms with Gasteiger partial charge < -0.3 is 10.1 Å². The number of nitrogens with one attached hydrogen (secondary N) is 1. The van der Waals surface area contributed by atoms with Crippen molar-refractivity contribution in [3.8, 4) is 0 Å². The van der Waals surface area contributed by atoms with Crippen molar-refractivity contribution in [2.45, 2.75) is 26.9 Å². The monoisotopic (exact) mass is 242 g/mol. The maximum absolute atomic E-state index is 5.58. The van der Waals surface area contributed by atoms with E-state index in [1.54, 1.807) is 0 Å². The van der Waals surface area contributed by atoms with Gasteiger partial charge in [0.2, 0.25) is 0 Å². The Hall–Kier alpha value is -1.61. The fourth-order valence-corrected chi connectivity index (χ4v) is 2.73. The van der Waals surface area contributed by atoms with Gasteiger partial charge in [-0.15, -0.1) is 0 Å². The highest BCUT2D eigenvalue weighted by atomic mass is 16.5. The number of anilines is 1. The van der Waals surface area contributed by atoms with Gasteiger partial charge in [-0.1, -0.05) is 12.1 Å². The van der Waals surface area contributed by atoms with Crippen molar-refractivity contribution in [3.05, 3.63) is 34.5 Å². The molecule has 0 saturated heterocycles. The van der Waals surface area contributed by atoms with Crippen molar-refractivity contribution in [1.29, 1.82) is 0 Å². The highest BCUT2D eigenvalue weighted by Gasteiger charge is 2.19. The normalized spacial score (nSPS) is 14.6. The Morgan fingerprint density at radius 3 is 2.78 bits per heavy atom. The van der Waals surface area contributed by atoms with Gasteiger partial charge in [-0.25, -0.2) is 0 Å². The SMILES string of the molecule is CNc1c2c(nc3c(C)ccc(C)c13)CCOC2. The highest BCUT2D eigenvalue weighted by Crippen LogP contribution is 2.34. The predicted molar refractivity (Wildman–Crippen MR) is 74.1 cm³/mol. The van der Waals surface area contributed by atoms with Crippen molar-refractivity contribution < 1.29 is 4.74 Å². The number of aryl methyl sites for hydroxylation is 2. The summed E-state index contributed by atoms with van der Waals surface area (Å²) < 4.78 is 5.58. The smallest absolute Gasteiger partial charge is 0.0758 e. The first-order valence-corrected chi connectivity index (χ1v) is 6.39. The maximum atomic E-state index is 5.58. The van der Waals surface area contributed by atoms with Gasteiger partial charge in [-0.05, 0) is 25.0 Å². The second kappa shape index (κ2) is 4.25. The molecule has 1 aliphatic heterocycles. The van der Waals surface area contributed by atoms with Gasteiger partial charge in [-0.2, -0.15) is 0 Å². The average Bonchev–Trinajstić information content (AvgIpc) is 2.41. The zero-order valence-corrected chi connectivity index (χ0v) is 11.1. The topological polar surface area (TPSA) is 34.2 Å². The minimum atomic E-state index is 0.668. The molecule has 2 heterocycles. The van der Waals surface area contributed by atoms with Crippen LogP contribution in [0.5, 0.6) is 0 Å². The van der Waals surface area contributed by atoms with E-state index in [0.29, 0.717) is 6.61 Å². The van der Waals surface area contributed by atoms with Gasteiger partial charge in [0.1, 0.15) is 0 Å². The summed E-state index contributed by atoms with van der Waals surface area (Å²) in [4.78, 5) is 4.86. The summed E-state index contributed by atoms with van der Waals surface area (Å²) in [7, 11) is 1.98. The largest absolute Gasteiger partial charge is 0.387 e. The summed E-state index contributed by atoms with van der Waals surface area (Å²) in [5.74, 6) is 0. The number of rotatable bonds is 1. The number of pyridine rings is 1. The van der Waals surface area contributed by atoms with Crippen LogP contribution in [-0.4, -0.2) is 18.6 Å². The second-order valence-corrected chi connectivity index (χ2v) is 4.89. The summed E-state index contributed by atoms with van der Waals surface area (Å²) >= 11 is 0. The van der Waals surface area contributed by atoms with Crippen LogP contribution in [0.25, 0.3) is 10.9 Å². The van der Waals surface area contributed by atoms with Crippen molar-refractivity contribution >= 4 is 16.6 Å². The van der Waals surface area contributed by atoms with E-state index in [0.717, 1.165) is 18.5 Å². The van der Waals surface area contributed by atoms with Crippen LogP contribution in [0, 0.1) is 13.8 Å². The molecule has 1 aromatic heterocycles. The molecule has 1 aromatic carbocycles. The van der Waals surface area contributed by atoms with Crippen LogP contribution >= 0.6 is 0 Å². The molecule has 0 atom stereocenters. The van der Waals surface area contributed by atoms with E-state index in [2.05, 4.69) is 31.3 Å². The van der Waals surface area contributed by atoms with E-state index < -0.39 is 0 Å². The summed E-state index contributed by atoms with van der Waals surface area (Å²) in [5.41, 5.74) is 7.23. The van der Waals surface area contributed by atoms with Crippen LogP contribution in [0.1, 0.15) is 22.4 Å². The molecule has 0 unspecified atom stereocenters. The third-order valence-electron chi connectivity index (χ3n) is 3.71. The highest BCUT2D eigenvalue weighted by molar-refractivity contribution is 5.97. The van der Waals surface area contributed by atoms with Crippen molar-refractivity contribution in [2.24, 2.45) is 0 Å². The molecule has 0 fully saturated rings. The molecule has 0 aliphatic carbocycles. The van der Waals surface area contributed by atoms with Gasteiger partial charge in [0, 0.05) is 24.4 Å². The Bertz CT molecular complexity index is 620. The molecule has 0 amide bonds. The molecule has 94 valence electrons. The van der Waals surface area contributed by atoms with Gasteiger partial charge in [0.25, 0.3) is 0 Å². The summed E-state index contributed by atoms with van der Waals surface area (Å²) in [6, 6.07) is 4.31. The van der Waals surface area contributed by atoms with E-state index in [-0.39, 0.29) is 0 Å². The van der Waals surface area contributed by atoms with E-state index in [4.69, 9.17) is 9.72 Å². The standard InChI is InChI=1S/C15H18N2O/c1-9-4-5-10(2)14-13(9)15(16-3)11-8-18-7-6-12(11)17-14/h4-5H,6-8H2,1-3H3,(H,16,17). The van der Waals surface area contributed by atoms with Gasteiger partial charge in [0.05, 0.1) is 30.1 Å². The third-order valence-corrected chi connectivity index (χ3v) is 3.71. The molecular weight excluding hydrogens is 224 g/mol. The van der Waals surface area contributed by atoms with Crippen LogP contribution < -0.4 is 5.32 Å². The molecule has 2 aromatic rings. The van der Waals surface area contributed by atoms with E-state index >= 15 is 0 Å². The molecule has 0 bridgehead atoms. The van der Waals surface area contributed by atoms with E-state index in [9.17, 15) is 0 Å². The van der Waals surface area contributed by atoms with E-state index in [1.807, 2.05) is 7.05 Å². The minimum absolute atomic E-state index is 0.668. The Balaban J connectivity index is 2.44. The van der Waals surface area contributed by atoms with Crippen molar-refractivity contribution in [1.82, 2.24) is 4.98 Å². The first-order valence-electron chi connectivity index (χ1n) is 6.39. The molecule has 18 heavy (non-hydrogen) atoms. The lowest BCUT2D eigenvalue weighted by atomic mass is 9.98. The third kappa shape index (κ3) is 1.58. The lowest BCUT2D eigenvalue weighted by Crippen LogP contribution is -2.15. The van der Waals surface area contributed by atoms with Gasteiger partial charge in [0.15, 0.2) is 0 Å². The fraction of sp³-hybridized carbons (Fsp3) is 0.400. The predicted octanol–water partition coefficient (Wildman–Crippen LogP) is 2.97. The molecule has 0 radical (unpaired) electrons. The molecule has 3 nitrogen and oxygen atoms in total. The molecule has 0 spiro atoms. The zero-order chi connectivity index (χ0) is 12.7. The van der Waals surface area contributed by atoms with Crippen LogP contribution in [0.4, 0.5) is 5.69 Å². The number of fused-ring (bicyclic) bond motifs is 2. The molecular formula is C15H18N2O. The van der Waals surface area contributed by atoms with Gasteiger partial charge >= 0.3 is 0 Å². The van der Waals surface area contributed by atoms with Crippen LogP contribution in [0.15, 0.2) is 12.1 Å². The second-order valence-electron chi connectivity index (χ2n) is 4.89. The number of nitrogens with zero attached hydrogens (tertiary/aromatic N) is 1. The van der Waals surface area contributed by atoms with Crippen molar-refractivity contribution in [2.75, 3.05) is 19.0 Å². The van der Waals surface area contributed by atoms with Crippen LogP contribution in [-0.2, 0) is 17.8 Å². The summed E-state index contributed by atoms with van der Waals surface area (Å²) in [6.07, 6.45) is 0.910. The van der Waals surface area contributed by atoms with Gasteiger partial charge in [-0.3, -0.25) is 4.98 Å². The summed E-state index contributed by atoms with van der Waals surface area (Å²) in [6.45, 7) is 5.71. The Morgan fingerprint density at radius 1 is 1.22 bits per heavy atom. The molecule has 3 rings (SSSR count). The lowest BCUT2D eigenvalue weighted by molar-refractivity contribution is 0.110. The summed E-state index contributed by atoms with van der Waals surface area (Å²) in [5, 5.41) is 4.58. The quantitative estimate of drug-likeness (QED) is 0.834. The first kappa shape index (κ1) is 11.5. The Morgan fingerprint density at radius 2 is 2.00 bits per heavy atom. The number of ether oxygens (including phenoxy) is 1. The Kier molecular flexibility index (Phi) is 2.71. The number of hydrogen-bond acceptors (Lipinski definition) is 3. The van der Waals surface area contributed by atoms with E-state index in [1.165, 1.54) is 33.5 Å². The lowest BCUT2D eigenvalue weighted by Gasteiger charge is -2.22. The molecule has 1 N–H and O–H groups in total. The van der Waals surface area contributed by atoms with Crippen molar-refractivity contribution in [3.63, 3.8) is 0 Å². The number of benzene rings is 1. The number of hydrogen-bond donors (Lipinski definition) is 1. The fourth-order valence-electron chi connectivity index (χ4n) is 2.73. The zero-order valence-electron chi connectivity index (χ0n) is 11.1. The minimum Gasteiger partial charge on any atom is -0.387 e. The first-order chi connectivity index (χ1) is 8.72.